The summed E-state index contributed by atoms with van der Waals surface area (Å²) in [7, 11) is 4.92. The summed E-state index contributed by atoms with van der Waals surface area (Å²) in [4.78, 5) is 2.45. The lowest BCUT2D eigenvalue weighted by Crippen LogP contribution is -2.48. The Kier molecular flexibility index (Phi) is 8.20. The Morgan fingerprint density at radius 3 is 2.34 bits per heavy atom. The minimum atomic E-state index is 0.301. The van der Waals surface area contributed by atoms with Gasteiger partial charge in [-0.15, -0.1) is 0 Å². The summed E-state index contributed by atoms with van der Waals surface area (Å²) in [5.74, 6) is 2.02. The van der Waals surface area contributed by atoms with E-state index in [9.17, 15) is 0 Å². The number of likely N-dealkylation sites (tertiary alicyclic amines) is 1. The van der Waals surface area contributed by atoms with Crippen LogP contribution in [0.15, 0.2) is 12.1 Å². The van der Waals surface area contributed by atoms with Crippen LogP contribution >= 0.6 is 12.2 Å². The molecule has 0 aliphatic carbocycles. The van der Waals surface area contributed by atoms with Crippen LogP contribution in [0.1, 0.15) is 31.2 Å². The van der Waals surface area contributed by atoms with Crippen molar-refractivity contribution in [1.29, 1.82) is 0 Å². The summed E-state index contributed by atoms with van der Waals surface area (Å²) >= 11 is 5.45. The largest absolute Gasteiger partial charge is 0.493 e. The van der Waals surface area contributed by atoms with Crippen LogP contribution in [-0.4, -0.2) is 69.7 Å². The molecule has 0 bridgehead atoms. The highest BCUT2D eigenvalue weighted by atomic mass is 32.1. The van der Waals surface area contributed by atoms with E-state index in [4.69, 9.17) is 31.2 Å². The maximum absolute atomic E-state index is 5.63. The molecule has 2 fully saturated rings. The van der Waals surface area contributed by atoms with E-state index in [1.54, 1.807) is 21.3 Å². The van der Waals surface area contributed by atoms with Gasteiger partial charge in [0.05, 0.1) is 27.4 Å². The Morgan fingerprint density at radius 2 is 1.79 bits per heavy atom. The third kappa shape index (κ3) is 6.10. The average molecular weight is 424 g/mol. The molecule has 2 heterocycles. The summed E-state index contributed by atoms with van der Waals surface area (Å²) < 4.78 is 22.0. The lowest BCUT2D eigenvalue weighted by molar-refractivity contribution is 0.114. The smallest absolute Gasteiger partial charge is 0.203 e. The fourth-order valence-electron chi connectivity index (χ4n) is 3.97. The van der Waals surface area contributed by atoms with Gasteiger partial charge in [0.2, 0.25) is 5.75 Å². The topological polar surface area (TPSA) is 64.2 Å². The molecule has 7 nitrogen and oxygen atoms in total. The van der Waals surface area contributed by atoms with Crippen molar-refractivity contribution in [2.24, 2.45) is 0 Å². The lowest BCUT2D eigenvalue weighted by Gasteiger charge is -2.33. The Hall–Kier alpha value is -1.77. The second-order valence-corrected chi connectivity index (χ2v) is 7.98. The summed E-state index contributed by atoms with van der Waals surface area (Å²) in [5, 5.41) is 7.50. The monoisotopic (exact) mass is 423 g/mol. The van der Waals surface area contributed by atoms with Crippen LogP contribution in [0.25, 0.3) is 0 Å². The van der Waals surface area contributed by atoms with Gasteiger partial charge in [0.25, 0.3) is 0 Å². The Bertz CT molecular complexity index is 649. The van der Waals surface area contributed by atoms with Crippen molar-refractivity contribution in [2.45, 2.75) is 44.4 Å². The predicted molar refractivity (Wildman–Crippen MR) is 117 cm³/mol. The molecular weight excluding hydrogens is 390 g/mol. The van der Waals surface area contributed by atoms with Crippen molar-refractivity contribution in [3.8, 4) is 17.2 Å². The van der Waals surface area contributed by atoms with Crippen molar-refractivity contribution in [2.75, 3.05) is 47.6 Å². The van der Waals surface area contributed by atoms with E-state index in [1.165, 1.54) is 0 Å². The number of hydrogen-bond acceptors (Lipinski definition) is 6. The van der Waals surface area contributed by atoms with E-state index in [0.717, 1.165) is 69.1 Å². The minimum absolute atomic E-state index is 0.301. The molecule has 2 aliphatic rings. The number of ether oxygens (including phenoxy) is 4. The number of hydrogen-bond donors (Lipinski definition) is 2. The number of benzene rings is 1. The molecule has 0 amide bonds. The number of nitrogens with zero attached hydrogens (tertiary/aromatic N) is 1. The molecule has 1 aromatic rings. The van der Waals surface area contributed by atoms with Gasteiger partial charge in [-0.05, 0) is 55.6 Å². The highest BCUT2D eigenvalue weighted by Crippen LogP contribution is 2.38. The summed E-state index contributed by atoms with van der Waals surface area (Å²) in [6.45, 7) is 4.55. The van der Waals surface area contributed by atoms with E-state index in [2.05, 4.69) is 15.5 Å². The summed E-state index contributed by atoms with van der Waals surface area (Å²) in [6.07, 6.45) is 4.69. The molecule has 0 radical (unpaired) electrons. The van der Waals surface area contributed by atoms with Gasteiger partial charge in [0.1, 0.15) is 0 Å². The lowest BCUT2D eigenvalue weighted by atomic mass is 10.0. The summed E-state index contributed by atoms with van der Waals surface area (Å²) in [6, 6.07) is 4.46. The molecule has 0 spiro atoms. The van der Waals surface area contributed by atoms with Crippen LogP contribution in [0.4, 0.5) is 0 Å². The standard InChI is InChI=1S/C21H33N3O4S/c1-25-18-11-15(12-19(26-2)20(18)27-3)14-24-8-6-16(7-9-24)23-21(29)22-13-17-5-4-10-28-17/h11-12,16-17H,4-10,13-14H2,1-3H3,(H2,22,23,29)/t17-/m1/s1. The molecule has 29 heavy (non-hydrogen) atoms. The van der Waals surface area contributed by atoms with Gasteiger partial charge >= 0.3 is 0 Å². The fraction of sp³-hybridized carbons (Fsp3) is 0.667. The molecule has 0 unspecified atom stereocenters. The fourth-order valence-corrected chi connectivity index (χ4v) is 4.22. The van der Waals surface area contributed by atoms with Crippen LogP contribution in [0.5, 0.6) is 17.2 Å². The molecule has 8 heteroatoms. The summed E-state index contributed by atoms with van der Waals surface area (Å²) in [5.41, 5.74) is 1.15. The number of nitrogens with one attached hydrogen (secondary N) is 2. The van der Waals surface area contributed by atoms with Crippen molar-refractivity contribution in [3.05, 3.63) is 17.7 Å². The van der Waals surface area contributed by atoms with Gasteiger partial charge < -0.3 is 29.6 Å². The van der Waals surface area contributed by atoms with Gasteiger partial charge in [-0.25, -0.2) is 0 Å². The van der Waals surface area contributed by atoms with E-state index in [0.29, 0.717) is 29.4 Å². The first-order valence-corrected chi connectivity index (χ1v) is 10.7. The SMILES string of the molecule is COc1cc(CN2CCC(NC(=S)NC[C@H]3CCCO3)CC2)cc(OC)c1OC. The zero-order valence-corrected chi connectivity index (χ0v) is 18.5. The molecule has 1 atom stereocenters. The zero-order valence-electron chi connectivity index (χ0n) is 17.7. The third-order valence-electron chi connectivity index (χ3n) is 5.57. The number of piperidine rings is 1. The van der Waals surface area contributed by atoms with Crippen molar-refractivity contribution in [1.82, 2.24) is 15.5 Å². The van der Waals surface area contributed by atoms with Crippen molar-refractivity contribution < 1.29 is 18.9 Å². The number of rotatable bonds is 8. The molecule has 162 valence electrons. The molecule has 3 rings (SSSR count). The molecule has 2 N–H and O–H groups in total. The van der Waals surface area contributed by atoms with Gasteiger partial charge in [-0.3, -0.25) is 4.90 Å². The molecule has 2 aliphatic heterocycles. The Labute approximate surface area is 179 Å². The highest BCUT2D eigenvalue weighted by Gasteiger charge is 2.22. The molecule has 0 aromatic heterocycles. The van der Waals surface area contributed by atoms with E-state index in [1.807, 2.05) is 12.1 Å². The zero-order chi connectivity index (χ0) is 20.6. The van der Waals surface area contributed by atoms with Crippen LogP contribution in [-0.2, 0) is 11.3 Å². The maximum Gasteiger partial charge on any atom is 0.203 e. The maximum atomic E-state index is 5.63. The second kappa shape index (κ2) is 10.8. The average Bonchev–Trinajstić information content (AvgIpc) is 3.26. The van der Waals surface area contributed by atoms with Gasteiger partial charge in [0, 0.05) is 38.8 Å². The second-order valence-electron chi connectivity index (χ2n) is 7.57. The van der Waals surface area contributed by atoms with Gasteiger partial charge in [-0.1, -0.05) is 0 Å². The molecular formula is C21H33N3O4S. The molecule has 2 saturated heterocycles. The van der Waals surface area contributed by atoms with Crippen LogP contribution in [0, 0.1) is 0 Å². The van der Waals surface area contributed by atoms with Crippen LogP contribution in [0.2, 0.25) is 0 Å². The first-order valence-electron chi connectivity index (χ1n) is 10.3. The first kappa shape index (κ1) is 21.9. The highest BCUT2D eigenvalue weighted by molar-refractivity contribution is 7.80. The van der Waals surface area contributed by atoms with E-state index >= 15 is 0 Å². The third-order valence-corrected chi connectivity index (χ3v) is 5.83. The van der Waals surface area contributed by atoms with Crippen LogP contribution < -0.4 is 24.8 Å². The normalized spacial score (nSPS) is 20.3. The quantitative estimate of drug-likeness (QED) is 0.618. The van der Waals surface area contributed by atoms with Crippen molar-refractivity contribution in [3.63, 3.8) is 0 Å². The Balaban J connectivity index is 1.45. The van der Waals surface area contributed by atoms with E-state index < -0.39 is 0 Å². The van der Waals surface area contributed by atoms with Crippen LogP contribution in [0.3, 0.4) is 0 Å². The molecule has 0 saturated carbocycles. The predicted octanol–water partition coefficient (Wildman–Crippen LogP) is 2.32. The van der Waals surface area contributed by atoms with Gasteiger partial charge in [-0.2, -0.15) is 0 Å². The molecule has 1 aromatic carbocycles. The van der Waals surface area contributed by atoms with Gasteiger partial charge in [0.15, 0.2) is 16.6 Å². The Morgan fingerprint density at radius 1 is 1.10 bits per heavy atom. The first-order chi connectivity index (χ1) is 14.1. The number of thiocarbonyl (C=S) groups is 1. The minimum Gasteiger partial charge on any atom is -0.493 e. The number of methoxy groups -OCH3 is 3. The van der Waals surface area contributed by atoms with Crippen molar-refractivity contribution >= 4 is 17.3 Å². The van der Waals surface area contributed by atoms with E-state index in [-0.39, 0.29) is 0 Å².